The highest BCUT2D eigenvalue weighted by Gasteiger charge is 2.30. The van der Waals surface area contributed by atoms with Crippen molar-refractivity contribution in [3.05, 3.63) is 70.2 Å². The minimum absolute atomic E-state index is 0.332. The molecule has 4 heteroatoms. The summed E-state index contributed by atoms with van der Waals surface area (Å²) >= 11 is 3.37. The molecule has 1 atom stereocenters. The summed E-state index contributed by atoms with van der Waals surface area (Å²) in [6.07, 6.45) is 0. The van der Waals surface area contributed by atoms with E-state index in [1.165, 1.54) is 0 Å². The van der Waals surface area contributed by atoms with Crippen molar-refractivity contribution in [1.29, 1.82) is 0 Å². The van der Waals surface area contributed by atoms with Gasteiger partial charge in [-0.2, -0.15) is 0 Å². The molecule has 0 amide bonds. The number of nitrogens with zero attached hydrogens (tertiary/aromatic N) is 1. The molecule has 2 aromatic rings. The van der Waals surface area contributed by atoms with Crippen molar-refractivity contribution in [3.8, 4) is 0 Å². The maximum atomic E-state index is 11.9. The normalized spacial score (nSPS) is 18.1. The van der Waals surface area contributed by atoms with Crippen molar-refractivity contribution < 1.29 is 9.53 Å². The number of carbonyl (C=O) groups is 1. The summed E-state index contributed by atoms with van der Waals surface area (Å²) in [5.41, 5.74) is 1.65. The first kappa shape index (κ1) is 12.1. The van der Waals surface area contributed by atoms with Gasteiger partial charge in [0.15, 0.2) is 6.04 Å². The van der Waals surface area contributed by atoms with E-state index in [2.05, 4.69) is 20.9 Å². The van der Waals surface area contributed by atoms with Crippen LogP contribution in [-0.2, 0) is 9.53 Å². The molecule has 0 bridgehead atoms. The number of rotatable bonds is 2. The Balaban J connectivity index is 1.93. The van der Waals surface area contributed by atoms with Crippen LogP contribution in [0.15, 0.2) is 64.1 Å². The molecule has 0 saturated heterocycles. The van der Waals surface area contributed by atoms with Crippen molar-refractivity contribution in [2.45, 2.75) is 6.04 Å². The van der Waals surface area contributed by atoms with Gasteiger partial charge < -0.3 is 4.74 Å². The van der Waals surface area contributed by atoms with Gasteiger partial charge in [0.2, 0.25) is 5.90 Å². The number of carbonyl (C=O) groups excluding carboxylic acids is 1. The highest BCUT2D eigenvalue weighted by molar-refractivity contribution is 9.10. The predicted octanol–water partition coefficient (Wildman–Crippen LogP) is 3.49. The van der Waals surface area contributed by atoms with E-state index in [1.807, 2.05) is 54.6 Å². The standard InChI is InChI=1S/C15H10BrNO2/c16-12-8-6-10(7-9-12)13-15(18)19-14(17-13)11-4-2-1-3-5-11/h1-9,13H. The van der Waals surface area contributed by atoms with Crippen LogP contribution in [0.25, 0.3) is 0 Å². The molecule has 0 spiro atoms. The average molecular weight is 316 g/mol. The Labute approximate surface area is 119 Å². The van der Waals surface area contributed by atoms with E-state index in [9.17, 15) is 4.79 Å². The van der Waals surface area contributed by atoms with Crippen LogP contribution in [0.5, 0.6) is 0 Å². The van der Waals surface area contributed by atoms with E-state index in [0.29, 0.717) is 5.90 Å². The van der Waals surface area contributed by atoms with Crippen LogP contribution in [0, 0.1) is 0 Å². The molecule has 0 fully saturated rings. The maximum absolute atomic E-state index is 11.9. The lowest BCUT2D eigenvalue weighted by Gasteiger charge is -2.02. The topological polar surface area (TPSA) is 38.7 Å². The first-order chi connectivity index (χ1) is 9.24. The SMILES string of the molecule is O=C1OC(c2ccccc2)=NC1c1ccc(Br)cc1. The molecule has 2 aromatic carbocycles. The van der Waals surface area contributed by atoms with Crippen molar-refractivity contribution in [2.75, 3.05) is 0 Å². The molecule has 0 N–H and O–H groups in total. The molecule has 1 aliphatic heterocycles. The quantitative estimate of drug-likeness (QED) is 0.796. The van der Waals surface area contributed by atoms with Crippen LogP contribution < -0.4 is 0 Å². The van der Waals surface area contributed by atoms with Gasteiger partial charge in [-0.1, -0.05) is 46.3 Å². The number of aliphatic imine (C=N–C) groups is 1. The van der Waals surface area contributed by atoms with Crippen molar-refractivity contribution >= 4 is 27.8 Å². The summed E-state index contributed by atoms with van der Waals surface area (Å²) < 4.78 is 6.21. The molecule has 0 radical (unpaired) electrons. The number of esters is 1. The number of ether oxygens (including phenoxy) is 1. The number of cyclic esters (lactones) is 1. The van der Waals surface area contributed by atoms with Gasteiger partial charge in [0.05, 0.1) is 0 Å². The summed E-state index contributed by atoms with van der Waals surface area (Å²) in [6, 6.07) is 16.4. The van der Waals surface area contributed by atoms with Crippen molar-refractivity contribution in [1.82, 2.24) is 0 Å². The van der Waals surface area contributed by atoms with Crippen molar-refractivity contribution in [2.24, 2.45) is 4.99 Å². The van der Waals surface area contributed by atoms with Gasteiger partial charge >= 0.3 is 5.97 Å². The summed E-state index contributed by atoms with van der Waals surface area (Å²) in [5, 5.41) is 0. The Morgan fingerprint density at radius 3 is 2.37 bits per heavy atom. The minimum atomic E-state index is -0.566. The largest absolute Gasteiger partial charge is 0.405 e. The Morgan fingerprint density at radius 1 is 1.00 bits per heavy atom. The van der Waals surface area contributed by atoms with E-state index in [4.69, 9.17) is 4.74 Å². The molecule has 0 aliphatic carbocycles. The summed E-state index contributed by atoms with van der Waals surface area (Å²) in [4.78, 5) is 16.3. The van der Waals surface area contributed by atoms with Gasteiger partial charge in [-0.25, -0.2) is 9.79 Å². The highest BCUT2D eigenvalue weighted by Crippen LogP contribution is 2.27. The third-order valence-electron chi connectivity index (χ3n) is 2.87. The smallest absolute Gasteiger partial charge is 0.342 e. The number of halogens is 1. The van der Waals surface area contributed by atoms with Gasteiger partial charge in [0, 0.05) is 10.0 Å². The fourth-order valence-electron chi connectivity index (χ4n) is 1.92. The minimum Gasteiger partial charge on any atom is -0.405 e. The average Bonchev–Trinajstić information content (AvgIpc) is 2.83. The van der Waals surface area contributed by atoms with Crippen LogP contribution in [0.1, 0.15) is 17.2 Å². The van der Waals surface area contributed by atoms with Crippen LogP contribution >= 0.6 is 15.9 Å². The number of benzene rings is 2. The third-order valence-corrected chi connectivity index (χ3v) is 3.40. The Kier molecular flexibility index (Phi) is 3.17. The fourth-order valence-corrected chi connectivity index (χ4v) is 2.18. The van der Waals surface area contributed by atoms with Gasteiger partial charge in [-0.15, -0.1) is 0 Å². The van der Waals surface area contributed by atoms with Gasteiger partial charge in [0.25, 0.3) is 0 Å². The molecule has 1 unspecified atom stereocenters. The van der Waals surface area contributed by atoms with E-state index in [1.54, 1.807) is 0 Å². The lowest BCUT2D eigenvalue weighted by atomic mass is 10.1. The Bertz CT molecular complexity index is 635. The second-order valence-corrected chi connectivity index (χ2v) is 5.09. The summed E-state index contributed by atoms with van der Waals surface area (Å²) in [6.45, 7) is 0. The second kappa shape index (κ2) is 4.97. The molecule has 1 aliphatic rings. The third kappa shape index (κ3) is 2.44. The van der Waals surface area contributed by atoms with E-state index in [-0.39, 0.29) is 5.97 Å². The Hall–Kier alpha value is -1.94. The molecule has 94 valence electrons. The van der Waals surface area contributed by atoms with E-state index in [0.717, 1.165) is 15.6 Å². The number of hydrogen-bond donors (Lipinski definition) is 0. The van der Waals surface area contributed by atoms with Crippen molar-refractivity contribution in [3.63, 3.8) is 0 Å². The first-order valence-corrected chi connectivity index (χ1v) is 6.64. The predicted molar refractivity (Wildman–Crippen MR) is 76.0 cm³/mol. The molecule has 3 rings (SSSR count). The molecule has 0 saturated carbocycles. The number of hydrogen-bond acceptors (Lipinski definition) is 3. The second-order valence-electron chi connectivity index (χ2n) is 4.18. The van der Waals surface area contributed by atoms with E-state index >= 15 is 0 Å². The highest BCUT2D eigenvalue weighted by atomic mass is 79.9. The molecule has 3 nitrogen and oxygen atoms in total. The molecular formula is C15H10BrNO2. The van der Waals surface area contributed by atoms with Gasteiger partial charge in [-0.05, 0) is 29.8 Å². The maximum Gasteiger partial charge on any atom is 0.342 e. The molecule has 19 heavy (non-hydrogen) atoms. The van der Waals surface area contributed by atoms with E-state index < -0.39 is 6.04 Å². The van der Waals surface area contributed by atoms with Crippen LogP contribution in [-0.4, -0.2) is 11.9 Å². The van der Waals surface area contributed by atoms with Gasteiger partial charge in [0.1, 0.15) is 0 Å². The zero-order chi connectivity index (χ0) is 13.2. The van der Waals surface area contributed by atoms with Crippen LogP contribution in [0.2, 0.25) is 0 Å². The van der Waals surface area contributed by atoms with Crippen LogP contribution in [0.4, 0.5) is 0 Å². The molecule has 0 aromatic heterocycles. The zero-order valence-electron chi connectivity index (χ0n) is 9.92. The zero-order valence-corrected chi connectivity index (χ0v) is 11.5. The summed E-state index contributed by atoms with van der Waals surface area (Å²) in [7, 11) is 0. The lowest BCUT2D eigenvalue weighted by molar-refractivity contribution is -0.135. The lowest BCUT2D eigenvalue weighted by Crippen LogP contribution is -2.08. The monoisotopic (exact) mass is 315 g/mol. The Morgan fingerprint density at radius 2 is 1.68 bits per heavy atom. The van der Waals surface area contributed by atoms with Gasteiger partial charge in [-0.3, -0.25) is 0 Å². The summed E-state index contributed by atoms with van der Waals surface area (Å²) in [5.74, 6) is 0.0553. The molecular weight excluding hydrogens is 306 g/mol. The fraction of sp³-hybridized carbons (Fsp3) is 0.0667. The molecule has 1 heterocycles. The first-order valence-electron chi connectivity index (χ1n) is 5.84. The van der Waals surface area contributed by atoms with Crippen LogP contribution in [0.3, 0.4) is 0 Å².